The minimum absolute atomic E-state index is 0.0301. The number of rotatable bonds is 7. The van der Waals surface area contributed by atoms with Crippen LogP contribution in [-0.4, -0.2) is 27.3 Å². The van der Waals surface area contributed by atoms with E-state index in [0.29, 0.717) is 5.56 Å². The van der Waals surface area contributed by atoms with Crippen LogP contribution >= 0.6 is 0 Å². The average molecular weight is 459 g/mol. The molecule has 2 amide bonds. The molecule has 166 valence electrons. The summed E-state index contributed by atoms with van der Waals surface area (Å²) in [4.78, 5) is 23.9. The highest BCUT2D eigenvalue weighted by molar-refractivity contribution is 7.92. The molecule has 7 nitrogen and oxygen atoms in total. The molecule has 0 bridgehead atoms. The van der Waals surface area contributed by atoms with Crippen molar-refractivity contribution >= 4 is 33.2 Å². The summed E-state index contributed by atoms with van der Waals surface area (Å²) < 4.78 is 53.8. The highest BCUT2D eigenvalue weighted by Crippen LogP contribution is 2.18. The third kappa shape index (κ3) is 5.67. The van der Waals surface area contributed by atoms with Gasteiger partial charge in [-0.15, -0.1) is 0 Å². The van der Waals surface area contributed by atoms with E-state index in [1.165, 1.54) is 31.3 Å². The van der Waals surface area contributed by atoms with E-state index in [1.54, 1.807) is 12.1 Å². The summed E-state index contributed by atoms with van der Waals surface area (Å²) in [6.07, 6.45) is -0.0301. The number of sulfonamides is 1. The molecule has 0 aliphatic rings. The Labute approximate surface area is 183 Å². The molecule has 3 rings (SSSR count). The lowest BCUT2D eigenvalue weighted by molar-refractivity contribution is -0.115. The molecule has 0 saturated heterocycles. The molecule has 3 aromatic rings. The monoisotopic (exact) mass is 459 g/mol. The van der Waals surface area contributed by atoms with Gasteiger partial charge in [-0.2, -0.15) is 0 Å². The number of halogens is 2. The minimum atomic E-state index is -3.88. The van der Waals surface area contributed by atoms with Crippen molar-refractivity contribution in [2.75, 3.05) is 17.1 Å². The number of carbonyl (C=O) groups excluding carboxylic acids is 2. The first-order valence-corrected chi connectivity index (χ1v) is 10.8. The SMILES string of the molecule is CNC(=O)c1cc(NC(=O)Cc2ccc(NS(=O)(=O)c3ccc(F)cc3)cc2)ccc1F. The molecule has 10 heteroatoms. The van der Waals surface area contributed by atoms with Crippen molar-refractivity contribution < 1.29 is 26.8 Å². The van der Waals surface area contributed by atoms with Gasteiger partial charge in [-0.05, 0) is 60.2 Å². The minimum Gasteiger partial charge on any atom is -0.355 e. The van der Waals surface area contributed by atoms with Crippen LogP contribution in [0.25, 0.3) is 0 Å². The van der Waals surface area contributed by atoms with Gasteiger partial charge in [0.2, 0.25) is 5.91 Å². The molecule has 3 aromatic carbocycles. The van der Waals surface area contributed by atoms with Crippen LogP contribution in [0.3, 0.4) is 0 Å². The van der Waals surface area contributed by atoms with Crippen LogP contribution in [0.2, 0.25) is 0 Å². The van der Waals surface area contributed by atoms with E-state index in [1.807, 2.05) is 0 Å². The zero-order valence-electron chi connectivity index (χ0n) is 16.9. The highest BCUT2D eigenvalue weighted by Gasteiger charge is 2.15. The fourth-order valence-electron chi connectivity index (χ4n) is 2.82. The predicted molar refractivity (Wildman–Crippen MR) is 116 cm³/mol. The number of hydrogen-bond acceptors (Lipinski definition) is 4. The molecule has 0 heterocycles. The Kier molecular flexibility index (Phi) is 6.84. The van der Waals surface area contributed by atoms with Gasteiger partial charge in [-0.3, -0.25) is 14.3 Å². The Balaban J connectivity index is 1.64. The van der Waals surface area contributed by atoms with Crippen molar-refractivity contribution in [1.29, 1.82) is 0 Å². The largest absolute Gasteiger partial charge is 0.355 e. The molecule has 0 atom stereocenters. The van der Waals surface area contributed by atoms with Crippen molar-refractivity contribution in [2.45, 2.75) is 11.3 Å². The molecule has 0 spiro atoms. The molecule has 0 saturated carbocycles. The smallest absolute Gasteiger partial charge is 0.261 e. The number of hydrogen-bond donors (Lipinski definition) is 3. The van der Waals surface area contributed by atoms with E-state index < -0.39 is 33.5 Å². The Morgan fingerprint density at radius 3 is 2.12 bits per heavy atom. The fraction of sp³-hybridized carbons (Fsp3) is 0.0909. The third-order valence-corrected chi connectivity index (χ3v) is 5.81. The lowest BCUT2D eigenvalue weighted by Crippen LogP contribution is -2.20. The fourth-order valence-corrected chi connectivity index (χ4v) is 3.88. The summed E-state index contributed by atoms with van der Waals surface area (Å²) in [5.74, 6) is -2.27. The van der Waals surface area contributed by atoms with Crippen LogP contribution in [0.15, 0.2) is 71.6 Å². The normalized spacial score (nSPS) is 11.0. The van der Waals surface area contributed by atoms with Crippen LogP contribution in [0.1, 0.15) is 15.9 Å². The first-order chi connectivity index (χ1) is 15.2. The molecular formula is C22H19F2N3O4S. The summed E-state index contributed by atoms with van der Waals surface area (Å²) in [6, 6.07) is 14.2. The molecule has 0 aromatic heterocycles. The second kappa shape index (κ2) is 9.56. The van der Waals surface area contributed by atoms with E-state index in [0.717, 1.165) is 30.3 Å². The molecule has 0 aliphatic heterocycles. The number of benzene rings is 3. The second-order valence-electron chi connectivity index (χ2n) is 6.76. The molecule has 3 N–H and O–H groups in total. The number of nitrogens with one attached hydrogen (secondary N) is 3. The van der Waals surface area contributed by atoms with Gasteiger partial charge >= 0.3 is 0 Å². The Morgan fingerprint density at radius 1 is 0.875 bits per heavy atom. The number of carbonyl (C=O) groups is 2. The lowest BCUT2D eigenvalue weighted by Gasteiger charge is -2.10. The van der Waals surface area contributed by atoms with E-state index >= 15 is 0 Å². The second-order valence-corrected chi connectivity index (χ2v) is 8.44. The van der Waals surface area contributed by atoms with Crippen molar-refractivity contribution in [3.05, 3.63) is 89.5 Å². The van der Waals surface area contributed by atoms with Gasteiger partial charge in [0.1, 0.15) is 11.6 Å². The van der Waals surface area contributed by atoms with Crippen LogP contribution in [0.4, 0.5) is 20.2 Å². The molecule has 0 radical (unpaired) electrons. The van der Waals surface area contributed by atoms with Crippen LogP contribution < -0.4 is 15.4 Å². The first kappa shape index (κ1) is 22.9. The molecule has 0 unspecified atom stereocenters. The summed E-state index contributed by atoms with van der Waals surface area (Å²) in [5, 5.41) is 4.91. The first-order valence-electron chi connectivity index (χ1n) is 9.37. The van der Waals surface area contributed by atoms with Gasteiger partial charge in [0.25, 0.3) is 15.9 Å². The average Bonchev–Trinajstić information content (AvgIpc) is 2.76. The van der Waals surface area contributed by atoms with Crippen molar-refractivity contribution in [1.82, 2.24) is 5.32 Å². The Morgan fingerprint density at radius 2 is 1.50 bits per heavy atom. The molecular weight excluding hydrogens is 440 g/mol. The van der Waals surface area contributed by atoms with E-state index in [2.05, 4.69) is 15.4 Å². The maximum absolute atomic E-state index is 13.7. The van der Waals surface area contributed by atoms with Gasteiger partial charge in [0.05, 0.1) is 16.9 Å². The standard InChI is InChI=1S/C22H19F2N3O4S/c1-25-22(29)19-13-17(8-11-20(19)24)26-21(28)12-14-2-6-16(7-3-14)27-32(30,31)18-9-4-15(23)5-10-18/h2-11,13,27H,12H2,1H3,(H,25,29)(H,26,28). The zero-order chi connectivity index (χ0) is 23.3. The van der Waals surface area contributed by atoms with Gasteiger partial charge in [0.15, 0.2) is 0 Å². The third-order valence-electron chi connectivity index (χ3n) is 4.42. The van der Waals surface area contributed by atoms with Crippen molar-refractivity contribution in [3.63, 3.8) is 0 Å². The molecule has 0 fully saturated rings. The summed E-state index contributed by atoms with van der Waals surface area (Å²) in [7, 11) is -2.51. The molecule has 32 heavy (non-hydrogen) atoms. The van der Waals surface area contributed by atoms with Gasteiger partial charge < -0.3 is 10.6 Å². The van der Waals surface area contributed by atoms with Crippen molar-refractivity contribution in [2.24, 2.45) is 0 Å². The van der Waals surface area contributed by atoms with Gasteiger partial charge in [-0.25, -0.2) is 17.2 Å². The zero-order valence-corrected chi connectivity index (χ0v) is 17.7. The topological polar surface area (TPSA) is 104 Å². The van der Waals surface area contributed by atoms with Crippen LogP contribution in [-0.2, 0) is 21.2 Å². The lowest BCUT2D eigenvalue weighted by atomic mass is 10.1. The highest BCUT2D eigenvalue weighted by atomic mass is 32.2. The summed E-state index contributed by atoms with van der Waals surface area (Å²) >= 11 is 0. The summed E-state index contributed by atoms with van der Waals surface area (Å²) in [5.41, 5.74) is 0.940. The molecule has 0 aliphatic carbocycles. The summed E-state index contributed by atoms with van der Waals surface area (Å²) in [6.45, 7) is 0. The Hall–Kier alpha value is -3.79. The van der Waals surface area contributed by atoms with Crippen LogP contribution in [0, 0.1) is 11.6 Å². The maximum Gasteiger partial charge on any atom is 0.261 e. The van der Waals surface area contributed by atoms with Crippen molar-refractivity contribution in [3.8, 4) is 0 Å². The predicted octanol–water partition coefficient (Wildman–Crippen LogP) is 3.31. The van der Waals surface area contributed by atoms with E-state index in [4.69, 9.17) is 0 Å². The van der Waals surface area contributed by atoms with Gasteiger partial charge in [0, 0.05) is 18.4 Å². The number of amides is 2. The van der Waals surface area contributed by atoms with E-state index in [-0.39, 0.29) is 28.3 Å². The van der Waals surface area contributed by atoms with Gasteiger partial charge in [-0.1, -0.05) is 12.1 Å². The Bertz CT molecular complexity index is 1250. The quantitative estimate of drug-likeness (QED) is 0.504. The van der Waals surface area contributed by atoms with E-state index in [9.17, 15) is 26.8 Å². The number of anilines is 2. The van der Waals surface area contributed by atoms with Crippen LogP contribution in [0.5, 0.6) is 0 Å². The maximum atomic E-state index is 13.7.